The van der Waals surface area contributed by atoms with Gasteiger partial charge in [-0.05, 0) is 12.8 Å². The Hall–Kier alpha value is -0.780. The van der Waals surface area contributed by atoms with Crippen LogP contribution in [0, 0.1) is 5.92 Å². The highest BCUT2D eigenvalue weighted by Gasteiger charge is 2.32. The van der Waals surface area contributed by atoms with E-state index in [9.17, 15) is 18.0 Å². The van der Waals surface area contributed by atoms with Crippen LogP contribution in [0.3, 0.4) is 0 Å². The van der Waals surface area contributed by atoms with Gasteiger partial charge in [-0.25, -0.2) is 0 Å². The normalized spacial score (nSPS) is 17.6. The van der Waals surface area contributed by atoms with Crippen molar-refractivity contribution in [2.75, 3.05) is 6.73 Å². The molecule has 1 rings (SSSR count). The summed E-state index contributed by atoms with van der Waals surface area (Å²) in [6, 6.07) is 0. The Balaban J connectivity index is 2.05. The summed E-state index contributed by atoms with van der Waals surface area (Å²) in [4.78, 5) is 10.7. The summed E-state index contributed by atoms with van der Waals surface area (Å²) in [5.74, 6) is -0.457. The van der Waals surface area contributed by atoms with Gasteiger partial charge in [0.05, 0.1) is 0 Å². The topological polar surface area (TPSA) is 38.3 Å². The summed E-state index contributed by atoms with van der Waals surface area (Å²) in [6.45, 7) is -0.793. The Morgan fingerprint density at radius 3 is 2.50 bits per heavy atom. The maximum Gasteiger partial charge on any atom is 0.524 e. The van der Waals surface area contributed by atoms with Crippen LogP contribution in [0.4, 0.5) is 13.2 Å². The summed E-state index contributed by atoms with van der Waals surface area (Å²) in [5, 5.41) is 2.02. The molecular formula is C6H8F3NO2. The second-order valence-corrected chi connectivity index (χ2v) is 2.55. The van der Waals surface area contributed by atoms with E-state index >= 15 is 0 Å². The summed E-state index contributed by atoms with van der Waals surface area (Å²) < 4.78 is 37.4. The molecule has 0 atom stereocenters. The lowest BCUT2D eigenvalue weighted by Gasteiger charge is -2.07. The standard InChI is InChI=1S/C6H8F3NO2/c7-6(8,9)12-3-10-5(11)4-1-2-4/h4H,1-3H2,(H,10,11). The molecule has 12 heavy (non-hydrogen) atoms. The van der Waals surface area contributed by atoms with E-state index in [1.165, 1.54) is 0 Å². The number of alkyl halides is 3. The zero-order valence-corrected chi connectivity index (χ0v) is 6.15. The Bertz CT molecular complexity index is 176. The van der Waals surface area contributed by atoms with Crippen molar-refractivity contribution in [1.29, 1.82) is 0 Å². The predicted octanol–water partition coefficient (Wildman–Crippen LogP) is 1.01. The molecule has 1 aliphatic rings. The largest absolute Gasteiger partial charge is 0.524 e. The number of carbonyl (C=O) groups excluding carboxylic acids is 1. The maximum absolute atomic E-state index is 11.3. The zero-order valence-electron chi connectivity index (χ0n) is 6.15. The summed E-state index contributed by atoms with van der Waals surface area (Å²) in [7, 11) is 0. The first-order valence-electron chi connectivity index (χ1n) is 3.47. The van der Waals surface area contributed by atoms with Gasteiger partial charge in [0.15, 0.2) is 0 Å². The number of halogens is 3. The maximum atomic E-state index is 11.3. The number of nitrogens with one attached hydrogen (secondary N) is 1. The zero-order chi connectivity index (χ0) is 9.19. The molecule has 1 saturated carbocycles. The number of rotatable bonds is 3. The van der Waals surface area contributed by atoms with E-state index in [1.807, 2.05) is 5.32 Å². The Labute approximate surface area is 66.9 Å². The lowest BCUT2D eigenvalue weighted by atomic mass is 10.4. The molecule has 6 heteroatoms. The molecule has 1 N–H and O–H groups in total. The Morgan fingerprint density at radius 1 is 1.50 bits per heavy atom. The molecule has 1 fully saturated rings. The number of amides is 1. The number of ether oxygens (including phenoxy) is 1. The van der Waals surface area contributed by atoms with Crippen molar-refractivity contribution in [1.82, 2.24) is 5.32 Å². The van der Waals surface area contributed by atoms with Gasteiger partial charge in [0, 0.05) is 5.92 Å². The van der Waals surface area contributed by atoms with Crippen LogP contribution in [-0.2, 0) is 9.53 Å². The fourth-order valence-corrected chi connectivity index (χ4v) is 0.679. The van der Waals surface area contributed by atoms with Gasteiger partial charge in [-0.1, -0.05) is 0 Å². The van der Waals surface area contributed by atoms with Gasteiger partial charge in [-0.3, -0.25) is 9.53 Å². The lowest BCUT2D eigenvalue weighted by Crippen LogP contribution is -2.30. The van der Waals surface area contributed by atoms with Crippen molar-refractivity contribution < 1.29 is 22.7 Å². The molecule has 0 saturated heterocycles. The van der Waals surface area contributed by atoms with Crippen LogP contribution in [0.1, 0.15) is 12.8 Å². The first-order valence-corrected chi connectivity index (χ1v) is 3.47. The molecule has 0 unspecified atom stereocenters. The van der Waals surface area contributed by atoms with Gasteiger partial charge in [0.2, 0.25) is 5.91 Å². The van der Waals surface area contributed by atoms with Gasteiger partial charge in [-0.15, -0.1) is 13.2 Å². The lowest BCUT2D eigenvalue weighted by molar-refractivity contribution is -0.326. The smallest absolute Gasteiger partial charge is 0.333 e. The highest BCUT2D eigenvalue weighted by molar-refractivity contribution is 5.80. The van der Waals surface area contributed by atoms with E-state index in [1.54, 1.807) is 0 Å². The highest BCUT2D eigenvalue weighted by atomic mass is 19.4. The van der Waals surface area contributed by atoms with Crippen molar-refractivity contribution in [3.05, 3.63) is 0 Å². The van der Waals surface area contributed by atoms with E-state index in [2.05, 4.69) is 4.74 Å². The third-order valence-electron chi connectivity index (χ3n) is 1.43. The number of hydrogen-bond acceptors (Lipinski definition) is 2. The van der Waals surface area contributed by atoms with E-state index in [0.717, 1.165) is 12.8 Å². The van der Waals surface area contributed by atoms with Gasteiger partial charge >= 0.3 is 6.36 Å². The van der Waals surface area contributed by atoms with Crippen molar-refractivity contribution in [3.63, 3.8) is 0 Å². The van der Waals surface area contributed by atoms with Gasteiger partial charge in [0.1, 0.15) is 6.73 Å². The Morgan fingerprint density at radius 2 is 2.08 bits per heavy atom. The fraction of sp³-hybridized carbons (Fsp3) is 0.833. The molecule has 0 aromatic rings. The first-order chi connectivity index (χ1) is 5.49. The van der Waals surface area contributed by atoms with Crippen LogP contribution in [0.2, 0.25) is 0 Å². The average Bonchev–Trinajstić information content (AvgIpc) is 2.64. The van der Waals surface area contributed by atoms with Gasteiger partial charge < -0.3 is 5.32 Å². The van der Waals surface area contributed by atoms with Gasteiger partial charge in [0.25, 0.3) is 0 Å². The SMILES string of the molecule is O=C(NCOC(F)(F)F)C1CC1. The minimum absolute atomic E-state index is 0.0955. The number of hydrogen-bond donors (Lipinski definition) is 1. The van der Waals surface area contributed by atoms with Crippen LogP contribution in [0.5, 0.6) is 0 Å². The molecule has 1 amide bonds. The molecule has 3 nitrogen and oxygen atoms in total. The minimum atomic E-state index is -4.67. The third kappa shape index (κ3) is 3.56. The molecule has 0 heterocycles. The van der Waals surface area contributed by atoms with Crippen LogP contribution in [0.25, 0.3) is 0 Å². The van der Waals surface area contributed by atoms with Crippen molar-refractivity contribution in [2.45, 2.75) is 19.2 Å². The Kier molecular flexibility index (Phi) is 2.56. The van der Waals surface area contributed by atoms with Crippen LogP contribution in [-0.4, -0.2) is 19.0 Å². The predicted molar refractivity (Wildman–Crippen MR) is 32.9 cm³/mol. The molecule has 70 valence electrons. The molecule has 0 aromatic heterocycles. The van der Waals surface area contributed by atoms with E-state index < -0.39 is 13.1 Å². The summed E-state index contributed by atoms with van der Waals surface area (Å²) in [6.07, 6.45) is -3.15. The van der Waals surface area contributed by atoms with Crippen LogP contribution < -0.4 is 5.32 Å². The average molecular weight is 183 g/mol. The van der Waals surface area contributed by atoms with Crippen molar-refractivity contribution in [3.8, 4) is 0 Å². The molecular weight excluding hydrogens is 175 g/mol. The first kappa shape index (κ1) is 9.31. The molecule has 1 aliphatic carbocycles. The molecule has 0 aliphatic heterocycles. The van der Waals surface area contributed by atoms with Crippen LogP contribution in [0.15, 0.2) is 0 Å². The summed E-state index contributed by atoms with van der Waals surface area (Å²) >= 11 is 0. The summed E-state index contributed by atoms with van der Waals surface area (Å²) in [5.41, 5.74) is 0. The van der Waals surface area contributed by atoms with E-state index in [-0.39, 0.29) is 11.8 Å². The van der Waals surface area contributed by atoms with Crippen molar-refractivity contribution >= 4 is 5.91 Å². The van der Waals surface area contributed by atoms with E-state index in [0.29, 0.717) is 0 Å². The quantitative estimate of drug-likeness (QED) is 0.663. The monoisotopic (exact) mass is 183 g/mol. The molecule has 0 spiro atoms. The molecule has 0 bridgehead atoms. The van der Waals surface area contributed by atoms with Crippen molar-refractivity contribution in [2.24, 2.45) is 5.92 Å². The van der Waals surface area contributed by atoms with Crippen LogP contribution >= 0.6 is 0 Å². The molecule has 0 aromatic carbocycles. The van der Waals surface area contributed by atoms with Gasteiger partial charge in [-0.2, -0.15) is 0 Å². The molecule has 0 radical (unpaired) electrons. The second kappa shape index (κ2) is 3.30. The minimum Gasteiger partial charge on any atom is -0.333 e. The fourth-order valence-electron chi connectivity index (χ4n) is 0.679. The third-order valence-corrected chi connectivity index (χ3v) is 1.43. The highest BCUT2D eigenvalue weighted by Crippen LogP contribution is 2.28. The van der Waals surface area contributed by atoms with E-state index in [4.69, 9.17) is 0 Å². The second-order valence-electron chi connectivity index (χ2n) is 2.55. The number of carbonyl (C=O) groups is 1.